The monoisotopic (exact) mass is 256 g/mol. The number of aliphatic carboxylic acids is 2. The van der Waals surface area contributed by atoms with Gasteiger partial charge in [-0.25, -0.2) is 0 Å². The first-order valence-electron chi connectivity index (χ1n) is 3.31. The van der Waals surface area contributed by atoms with Gasteiger partial charge in [0.25, 0.3) is 0 Å². The summed E-state index contributed by atoms with van der Waals surface area (Å²) >= 11 is 0. The van der Waals surface area contributed by atoms with Gasteiger partial charge in [0.15, 0.2) is 0 Å². The van der Waals surface area contributed by atoms with Crippen LogP contribution in [0.4, 0.5) is 0 Å². The summed E-state index contributed by atoms with van der Waals surface area (Å²) in [6, 6.07) is 0. The topological polar surface area (TPSA) is 74.6 Å². The maximum Gasteiger partial charge on any atom is 0.304 e. The summed E-state index contributed by atoms with van der Waals surface area (Å²) in [6.07, 6.45) is 0.259. The van der Waals surface area contributed by atoms with E-state index in [1.807, 2.05) is 0 Å². The van der Waals surface area contributed by atoms with Crippen molar-refractivity contribution < 1.29 is 19.8 Å². The molecule has 0 aromatic heterocycles. The van der Waals surface area contributed by atoms with Crippen LogP contribution in [0.3, 0.4) is 0 Å². The van der Waals surface area contributed by atoms with Crippen molar-refractivity contribution in [1.29, 1.82) is 0 Å². The molecule has 0 aliphatic carbocycles. The van der Waals surface area contributed by atoms with Crippen molar-refractivity contribution in [3.05, 3.63) is 0 Å². The van der Waals surface area contributed by atoms with Gasteiger partial charge in [0, 0.05) is 70.6 Å². The summed E-state index contributed by atoms with van der Waals surface area (Å²) in [5, 5.41) is 16.5. The summed E-state index contributed by atoms with van der Waals surface area (Å²) in [6.45, 7) is 0. The maximum atomic E-state index is 10.0. The summed E-state index contributed by atoms with van der Waals surface area (Å²) in [5.41, 5.74) is 0. The van der Waals surface area contributed by atoms with Gasteiger partial charge in [-0.15, -0.1) is 0 Å². The number of carbonyl (C=O) groups is 2. The number of rotatable bonds is 7. The first-order chi connectivity index (χ1) is 5.63. The van der Waals surface area contributed by atoms with Gasteiger partial charge in [0.2, 0.25) is 0 Å². The molecule has 0 unspecified atom stereocenters. The molecule has 0 aliphatic rings. The van der Waals surface area contributed by atoms with Crippen LogP contribution in [0, 0.1) is 0 Å². The fourth-order valence-electron chi connectivity index (χ4n) is 0.376. The maximum absolute atomic E-state index is 10.0. The standard InChI is InChI=1S/C6H10O4S2.2Na/c7-5(8)1-3-11-12-4-2-6(9)10;;/h1-4H2,(H,7,8)(H,9,10);;. The van der Waals surface area contributed by atoms with Crippen molar-refractivity contribution in [2.24, 2.45) is 0 Å². The Morgan fingerprint density at radius 2 is 1.14 bits per heavy atom. The second kappa shape index (κ2) is 14.6. The van der Waals surface area contributed by atoms with E-state index < -0.39 is 11.9 Å². The van der Waals surface area contributed by atoms with Gasteiger partial charge in [-0.2, -0.15) is 0 Å². The van der Waals surface area contributed by atoms with Crippen molar-refractivity contribution in [2.45, 2.75) is 12.8 Å². The quantitative estimate of drug-likeness (QED) is 0.394. The molecule has 0 spiro atoms. The average Bonchev–Trinajstić information content (AvgIpc) is 1.95. The Kier molecular flexibility index (Phi) is 21.9. The van der Waals surface area contributed by atoms with Gasteiger partial charge in [-0.3, -0.25) is 9.59 Å². The predicted molar refractivity (Wildman–Crippen MR) is 60.9 cm³/mol. The van der Waals surface area contributed by atoms with E-state index in [2.05, 4.69) is 0 Å². The van der Waals surface area contributed by atoms with Crippen LogP contribution < -0.4 is 0 Å². The largest absolute Gasteiger partial charge is 0.481 e. The first-order valence-corrected chi connectivity index (χ1v) is 5.79. The molecule has 0 heterocycles. The molecule has 0 aliphatic heterocycles. The number of carboxylic acid groups (broad SMARTS) is 2. The van der Waals surface area contributed by atoms with Crippen molar-refractivity contribution in [2.75, 3.05) is 11.5 Å². The van der Waals surface area contributed by atoms with Gasteiger partial charge >= 0.3 is 11.9 Å². The zero-order valence-electron chi connectivity index (χ0n) is 8.36. The predicted octanol–water partition coefficient (Wildman–Crippen LogP) is 0.556. The number of hydrogen-bond acceptors (Lipinski definition) is 4. The Hall–Kier alpha value is 1.64. The molecule has 8 heteroatoms. The van der Waals surface area contributed by atoms with E-state index in [1.165, 1.54) is 21.6 Å². The van der Waals surface area contributed by atoms with Gasteiger partial charge in [-0.05, 0) is 0 Å². The molecule has 0 rings (SSSR count). The minimum Gasteiger partial charge on any atom is -0.481 e. The third-order valence-corrected chi connectivity index (χ3v) is 3.29. The Labute approximate surface area is 135 Å². The molecule has 2 radical (unpaired) electrons. The smallest absolute Gasteiger partial charge is 0.304 e. The van der Waals surface area contributed by atoms with Crippen LogP contribution in [-0.2, 0) is 9.59 Å². The summed E-state index contributed by atoms with van der Waals surface area (Å²) in [5.74, 6) is -0.582. The summed E-state index contributed by atoms with van der Waals surface area (Å²) in [7, 11) is 2.79. The molecular formula is C6H10Na2O4S2. The van der Waals surface area contributed by atoms with Crippen LogP contribution >= 0.6 is 21.6 Å². The summed E-state index contributed by atoms with van der Waals surface area (Å²) in [4.78, 5) is 20.0. The Morgan fingerprint density at radius 1 is 0.857 bits per heavy atom. The van der Waals surface area contributed by atoms with Crippen molar-refractivity contribution >= 4 is 92.6 Å². The van der Waals surface area contributed by atoms with E-state index in [1.54, 1.807) is 0 Å². The van der Waals surface area contributed by atoms with E-state index in [4.69, 9.17) is 10.2 Å². The summed E-state index contributed by atoms with van der Waals surface area (Å²) < 4.78 is 0. The number of hydrogen-bond donors (Lipinski definition) is 2. The molecule has 0 atom stereocenters. The van der Waals surface area contributed by atoms with E-state index >= 15 is 0 Å². The van der Waals surface area contributed by atoms with Crippen LogP contribution in [-0.4, -0.2) is 92.8 Å². The van der Waals surface area contributed by atoms with E-state index in [-0.39, 0.29) is 72.0 Å². The second-order valence-corrected chi connectivity index (χ2v) is 4.63. The third kappa shape index (κ3) is 19.2. The van der Waals surface area contributed by atoms with Gasteiger partial charge in [0.05, 0.1) is 12.8 Å². The molecule has 4 nitrogen and oxygen atoms in total. The molecule has 72 valence electrons. The Balaban J connectivity index is -0.000000605. The van der Waals surface area contributed by atoms with Crippen molar-refractivity contribution in [1.82, 2.24) is 0 Å². The molecule has 0 saturated heterocycles. The molecule has 0 saturated carbocycles. The zero-order valence-corrected chi connectivity index (χ0v) is 14.0. The van der Waals surface area contributed by atoms with Gasteiger partial charge in [0.1, 0.15) is 0 Å². The zero-order chi connectivity index (χ0) is 9.40. The molecule has 2 N–H and O–H groups in total. The minimum absolute atomic E-state index is 0. The molecular weight excluding hydrogens is 246 g/mol. The van der Waals surface area contributed by atoms with Crippen LogP contribution in [0.5, 0.6) is 0 Å². The number of carboxylic acids is 2. The van der Waals surface area contributed by atoms with E-state index in [9.17, 15) is 9.59 Å². The fraction of sp³-hybridized carbons (Fsp3) is 0.667. The van der Waals surface area contributed by atoms with Crippen molar-refractivity contribution in [3.8, 4) is 0 Å². The van der Waals surface area contributed by atoms with Crippen LogP contribution in [0.1, 0.15) is 12.8 Å². The van der Waals surface area contributed by atoms with Crippen LogP contribution in [0.15, 0.2) is 0 Å². The first kappa shape index (κ1) is 21.0. The SMILES string of the molecule is O=C(O)CCSSCCC(=O)O.[Na].[Na]. The molecule has 0 amide bonds. The second-order valence-electron chi connectivity index (χ2n) is 1.93. The minimum atomic E-state index is -0.818. The normalized spacial score (nSPS) is 8.29. The molecule has 0 aromatic rings. The van der Waals surface area contributed by atoms with E-state index in [0.29, 0.717) is 11.5 Å². The van der Waals surface area contributed by atoms with Gasteiger partial charge < -0.3 is 10.2 Å². The average molecular weight is 256 g/mol. The third-order valence-electron chi connectivity index (χ3n) is 0.882. The fourth-order valence-corrected chi connectivity index (χ4v) is 2.33. The van der Waals surface area contributed by atoms with E-state index in [0.717, 1.165) is 0 Å². The van der Waals surface area contributed by atoms with Crippen molar-refractivity contribution in [3.63, 3.8) is 0 Å². The Bertz CT molecular complexity index is 150. The van der Waals surface area contributed by atoms with Crippen LogP contribution in [0.2, 0.25) is 0 Å². The van der Waals surface area contributed by atoms with Gasteiger partial charge in [-0.1, -0.05) is 21.6 Å². The molecule has 14 heavy (non-hydrogen) atoms. The Morgan fingerprint density at radius 3 is 1.36 bits per heavy atom. The van der Waals surface area contributed by atoms with Crippen LogP contribution in [0.25, 0.3) is 0 Å². The molecule has 0 aromatic carbocycles. The molecule has 0 bridgehead atoms. The molecule has 0 fully saturated rings.